The lowest BCUT2D eigenvalue weighted by molar-refractivity contribution is -0.138. The van der Waals surface area contributed by atoms with Crippen molar-refractivity contribution in [2.45, 2.75) is 38.2 Å². The molecular formula is C14H18N2O7. The highest BCUT2D eigenvalue weighted by atomic mass is 16.4. The number of nitrogens with zero attached hydrogens (tertiary/aromatic N) is 1. The number of hydrogen-bond donors (Lipinski definition) is 3. The predicted octanol–water partition coefficient (Wildman–Crippen LogP) is -1.05. The smallest absolute Gasteiger partial charge is 0.303 e. The van der Waals surface area contributed by atoms with Gasteiger partial charge < -0.3 is 10.2 Å². The number of imide groups is 2. The third-order valence-electron chi connectivity index (χ3n) is 3.12. The Bertz CT molecular complexity index is 523. The van der Waals surface area contributed by atoms with Crippen LogP contribution in [0, 0.1) is 0 Å². The maximum absolute atomic E-state index is 11.1. The van der Waals surface area contributed by atoms with Gasteiger partial charge in [-0.3, -0.25) is 34.2 Å². The van der Waals surface area contributed by atoms with Crippen molar-refractivity contribution in [1.82, 2.24) is 10.2 Å². The first-order valence-corrected chi connectivity index (χ1v) is 7.08. The Morgan fingerprint density at radius 1 is 1.13 bits per heavy atom. The Kier molecular flexibility index (Phi) is 7.07. The quantitative estimate of drug-likeness (QED) is 0.418. The number of aliphatic hydroxyl groups is 1. The van der Waals surface area contributed by atoms with Crippen molar-refractivity contribution in [2.24, 2.45) is 0 Å². The first kappa shape index (κ1) is 18.5. The lowest BCUT2D eigenvalue weighted by Crippen LogP contribution is -2.30. The van der Waals surface area contributed by atoms with Crippen molar-refractivity contribution in [1.29, 1.82) is 0 Å². The van der Waals surface area contributed by atoms with Crippen LogP contribution >= 0.6 is 0 Å². The molecule has 0 aromatic rings. The van der Waals surface area contributed by atoms with Gasteiger partial charge in [0.25, 0.3) is 17.7 Å². The molecule has 1 atom stereocenters. The predicted molar refractivity (Wildman–Crippen MR) is 75.7 cm³/mol. The maximum atomic E-state index is 11.1. The molecule has 9 nitrogen and oxygen atoms in total. The summed E-state index contributed by atoms with van der Waals surface area (Å²) in [6.07, 6.45) is 3.40. The molecule has 0 aromatic carbocycles. The zero-order chi connectivity index (χ0) is 17.4. The van der Waals surface area contributed by atoms with Crippen LogP contribution in [-0.4, -0.2) is 57.4 Å². The van der Waals surface area contributed by atoms with Crippen molar-refractivity contribution in [3.05, 3.63) is 12.2 Å². The van der Waals surface area contributed by atoms with Gasteiger partial charge in [-0.1, -0.05) is 6.42 Å². The number of carboxylic acid groups (broad SMARTS) is 1. The van der Waals surface area contributed by atoms with Crippen molar-refractivity contribution in [3.8, 4) is 0 Å². The molecule has 2 aliphatic heterocycles. The molecule has 0 saturated carbocycles. The molecule has 9 heteroatoms. The summed E-state index contributed by atoms with van der Waals surface area (Å²) in [6, 6.07) is 0. The van der Waals surface area contributed by atoms with Crippen LogP contribution < -0.4 is 5.32 Å². The van der Waals surface area contributed by atoms with Crippen LogP contribution in [0.3, 0.4) is 0 Å². The topological polar surface area (TPSA) is 141 Å². The van der Waals surface area contributed by atoms with E-state index in [9.17, 15) is 24.0 Å². The number of unbranched alkanes of at least 4 members (excludes halogenated alkanes) is 2. The van der Waals surface area contributed by atoms with Gasteiger partial charge in [0, 0.05) is 25.1 Å². The molecular weight excluding hydrogens is 308 g/mol. The van der Waals surface area contributed by atoms with E-state index in [0.717, 1.165) is 0 Å². The van der Waals surface area contributed by atoms with Crippen LogP contribution in [0.15, 0.2) is 12.2 Å². The van der Waals surface area contributed by atoms with Gasteiger partial charge in [0.05, 0.1) is 6.42 Å². The fourth-order valence-corrected chi connectivity index (χ4v) is 1.91. The molecule has 3 N–H and O–H groups in total. The number of aliphatic carboxylic acids is 1. The zero-order valence-electron chi connectivity index (χ0n) is 12.4. The fraction of sp³-hybridized carbons (Fsp3) is 0.500. The van der Waals surface area contributed by atoms with Crippen LogP contribution in [0.1, 0.15) is 32.1 Å². The van der Waals surface area contributed by atoms with E-state index in [1.54, 1.807) is 0 Å². The van der Waals surface area contributed by atoms with Gasteiger partial charge in [-0.05, 0) is 12.8 Å². The molecule has 0 radical (unpaired) electrons. The van der Waals surface area contributed by atoms with Gasteiger partial charge in [0.15, 0.2) is 0 Å². The lowest BCUT2D eigenvalue weighted by Gasteiger charge is -2.12. The number of carbonyl (C=O) groups excluding carboxylic acids is 4. The molecule has 0 aliphatic carbocycles. The summed E-state index contributed by atoms with van der Waals surface area (Å²) in [4.78, 5) is 53.9. The summed E-state index contributed by atoms with van der Waals surface area (Å²) in [5.74, 6) is -2.36. The summed E-state index contributed by atoms with van der Waals surface area (Å²) in [7, 11) is 0. The van der Waals surface area contributed by atoms with E-state index < -0.39 is 23.9 Å². The minimum atomic E-state index is -1.11. The minimum Gasteiger partial charge on any atom is -0.481 e. The van der Waals surface area contributed by atoms with Crippen LogP contribution in [0.4, 0.5) is 0 Å². The minimum absolute atomic E-state index is 0.0845. The third-order valence-corrected chi connectivity index (χ3v) is 3.12. The summed E-state index contributed by atoms with van der Waals surface area (Å²) in [6.45, 7) is 0.379. The van der Waals surface area contributed by atoms with Crippen LogP contribution in [-0.2, 0) is 24.0 Å². The Labute approximate surface area is 131 Å². The van der Waals surface area contributed by atoms with Gasteiger partial charge in [0.1, 0.15) is 6.10 Å². The highest BCUT2D eigenvalue weighted by Gasteiger charge is 2.27. The molecule has 1 fully saturated rings. The van der Waals surface area contributed by atoms with Gasteiger partial charge in [0.2, 0.25) is 5.91 Å². The van der Waals surface area contributed by atoms with Crippen LogP contribution in [0.5, 0.6) is 0 Å². The number of carboxylic acids is 1. The second-order valence-corrected chi connectivity index (χ2v) is 5.00. The van der Waals surface area contributed by atoms with Crippen molar-refractivity contribution < 1.29 is 34.2 Å². The summed E-state index contributed by atoms with van der Waals surface area (Å²) < 4.78 is 0. The SMILES string of the molecule is O=C(O)CCCCCN1C(=O)C=CC1=O.O=C1CC(O)C(=O)N1. The lowest BCUT2D eigenvalue weighted by atomic mass is 10.2. The van der Waals surface area contributed by atoms with E-state index in [4.69, 9.17) is 10.2 Å². The maximum Gasteiger partial charge on any atom is 0.303 e. The second-order valence-electron chi connectivity index (χ2n) is 5.00. The number of nitrogens with one attached hydrogen (secondary N) is 1. The molecule has 23 heavy (non-hydrogen) atoms. The highest BCUT2D eigenvalue weighted by molar-refractivity contribution is 6.12. The molecule has 126 valence electrons. The number of carbonyl (C=O) groups is 5. The number of amides is 4. The van der Waals surface area contributed by atoms with Crippen molar-refractivity contribution >= 4 is 29.6 Å². The Hall–Kier alpha value is -2.55. The molecule has 2 rings (SSSR count). The molecule has 0 bridgehead atoms. The molecule has 0 spiro atoms. The fourth-order valence-electron chi connectivity index (χ4n) is 1.91. The Morgan fingerprint density at radius 3 is 2.13 bits per heavy atom. The standard InChI is InChI=1S/C10H13NO4.C4H5NO3/c12-8-5-6-9(13)11(8)7-3-1-2-4-10(14)15;6-2-1-3(7)5-4(2)8/h5-6H,1-4,7H2,(H,14,15);2,6H,1H2,(H,5,7,8). The van der Waals surface area contributed by atoms with Gasteiger partial charge >= 0.3 is 5.97 Å². The van der Waals surface area contributed by atoms with Gasteiger partial charge in [-0.25, -0.2) is 0 Å². The molecule has 4 amide bonds. The summed E-state index contributed by atoms with van der Waals surface area (Å²) in [5.41, 5.74) is 0. The van der Waals surface area contributed by atoms with Crippen LogP contribution in [0.2, 0.25) is 0 Å². The first-order valence-electron chi connectivity index (χ1n) is 7.08. The van der Waals surface area contributed by atoms with E-state index in [0.29, 0.717) is 25.8 Å². The molecule has 1 saturated heterocycles. The molecule has 2 heterocycles. The average molecular weight is 326 g/mol. The van der Waals surface area contributed by atoms with E-state index in [-0.39, 0.29) is 24.7 Å². The molecule has 2 aliphatic rings. The Balaban J connectivity index is 0.000000277. The second kappa shape index (κ2) is 8.79. The van der Waals surface area contributed by atoms with Gasteiger partial charge in [-0.15, -0.1) is 0 Å². The van der Waals surface area contributed by atoms with Crippen molar-refractivity contribution in [2.75, 3.05) is 6.54 Å². The van der Waals surface area contributed by atoms with E-state index in [1.807, 2.05) is 5.32 Å². The normalized spacial score (nSPS) is 19.7. The Morgan fingerprint density at radius 2 is 1.74 bits per heavy atom. The van der Waals surface area contributed by atoms with E-state index in [2.05, 4.69) is 0 Å². The van der Waals surface area contributed by atoms with Crippen molar-refractivity contribution in [3.63, 3.8) is 0 Å². The van der Waals surface area contributed by atoms with Crippen LogP contribution in [0.25, 0.3) is 0 Å². The zero-order valence-corrected chi connectivity index (χ0v) is 12.4. The summed E-state index contributed by atoms with van der Waals surface area (Å²) >= 11 is 0. The third kappa shape index (κ3) is 6.39. The molecule has 0 aromatic heterocycles. The summed E-state index contributed by atoms with van der Waals surface area (Å²) in [5, 5.41) is 18.9. The van der Waals surface area contributed by atoms with E-state index >= 15 is 0 Å². The van der Waals surface area contributed by atoms with Gasteiger partial charge in [-0.2, -0.15) is 0 Å². The largest absolute Gasteiger partial charge is 0.481 e. The molecule has 1 unspecified atom stereocenters. The number of aliphatic hydroxyl groups excluding tert-OH is 1. The monoisotopic (exact) mass is 326 g/mol. The first-order chi connectivity index (χ1) is 10.8. The average Bonchev–Trinajstić information content (AvgIpc) is 2.93. The van der Waals surface area contributed by atoms with E-state index in [1.165, 1.54) is 17.1 Å². The number of hydrogen-bond acceptors (Lipinski definition) is 6. The highest BCUT2D eigenvalue weighted by Crippen LogP contribution is 2.07. The number of rotatable bonds is 6.